The first-order valence-corrected chi connectivity index (χ1v) is 21.2. The van der Waals surface area contributed by atoms with Crippen LogP contribution in [0.5, 0.6) is 0 Å². The van der Waals surface area contributed by atoms with E-state index in [1.165, 1.54) is 23.9 Å². The van der Waals surface area contributed by atoms with E-state index >= 15 is 0 Å². The van der Waals surface area contributed by atoms with Gasteiger partial charge in [-0.3, -0.25) is 24.1 Å². The third kappa shape index (κ3) is 16.2. The average Bonchev–Trinajstić information content (AvgIpc) is 3.77. The lowest BCUT2D eigenvalue weighted by molar-refractivity contribution is -0.137. The molecule has 328 valence electrons. The first kappa shape index (κ1) is 48.1. The molecule has 3 aromatic rings. The molecule has 0 radical (unpaired) electrons. The van der Waals surface area contributed by atoms with E-state index in [0.717, 1.165) is 28.7 Å². The lowest BCUT2D eigenvalue weighted by Gasteiger charge is -2.32. The van der Waals surface area contributed by atoms with Crippen LogP contribution in [0.15, 0.2) is 66.9 Å². The predicted molar refractivity (Wildman–Crippen MR) is 225 cm³/mol. The highest BCUT2D eigenvalue weighted by molar-refractivity contribution is 8.00. The van der Waals surface area contributed by atoms with Crippen LogP contribution in [0.3, 0.4) is 0 Å². The van der Waals surface area contributed by atoms with E-state index in [1.54, 1.807) is 6.20 Å². The van der Waals surface area contributed by atoms with Crippen molar-refractivity contribution in [2.75, 3.05) is 78.2 Å². The topological polar surface area (TPSA) is 176 Å². The number of nitrogens with zero attached hydrogens (tertiary/aromatic N) is 3. The van der Waals surface area contributed by atoms with E-state index < -0.39 is 28.3 Å². The summed E-state index contributed by atoms with van der Waals surface area (Å²) in [5.41, 5.74) is 6.65. The summed E-state index contributed by atoms with van der Waals surface area (Å²) in [6, 6.07) is 12.5. The fourth-order valence-corrected chi connectivity index (χ4v) is 7.16. The molecule has 0 aliphatic carbocycles. The molecule has 4 rings (SSSR count). The minimum Gasteiger partial charge on any atom is -0.379 e. The number of imide groups is 1. The number of benzene rings is 2. The maximum absolute atomic E-state index is 14.9. The second-order valence-electron chi connectivity index (χ2n) is 15.0. The quantitative estimate of drug-likeness (QED) is 0.0697. The highest BCUT2D eigenvalue weighted by Gasteiger charge is 2.34. The number of imidazole rings is 1. The van der Waals surface area contributed by atoms with Crippen molar-refractivity contribution in [1.82, 2.24) is 25.1 Å². The van der Waals surface area contributed by atoms with Crippen molar-refractivity contribution >= 4 is 35.4 Å². The van der Waals surface area contributed by atoms with E-state index in [-0.39, 0.29) is 61.0 Å². The Kier molecular flexibility index (Phi) is 20.3. The molecule has 14 nitrogen and oxygen atoms in total. The summed E-state index contributed by atoms with van der Waals surface area (Å²) in [5, 5.41) is 5.50. The van der Waals surface area contributed by atoms with Gasteiger partial charge in [0.25, 0.3) is 11.8 Å². The Labute approximate surface area is 354 Å². The zero-order valence-electron chi connectivity index (χ0n) is 34.7. The summed E-state index contributed by atoms with van der Waals surface area (Å²) in [6.07, 6.45) is 5.48. The van der Waals surface area contributed by atoms with E-state index in [1.807, 2.05) is 55.7 Å². The Morgan fingerprint density at radius 3 is 2.15 bits per heavy atom. The van der Waals surface area contributed by atoms with Gasteiger partial charge in [-0.25, -0.2) is 13.8 Å². The van der Waals surface area contributed by atoms with Crippen molar-refractivity contribution in [3.63, 3.8) is 0 Å². The monoisotopic (exact) mass is 856 g/mol. The van der Waals surface area contributed by atoms with Crippen molar-refractivity contribution in [2.45, 2.75) is 57.9 Å². The van der Waals surface area contributed by atoms with Crippen LogP contribution < -0.4 is 16.4 Å². The molecule has 2 heterocycles. The fraction of sp³-hybridized carbons (Fsp3) is 0.512. The van der Waals surface area contributed by atoms with Gasteiger partial charge >= 0.3 is 0 Å². The molecule has 4 amide bonds. The number of hydrogen-bond donors (Lipinski definition) is 3. The largest absolute Gasteiger partial charge is 0.379 e. The second-order valence-corrected chi connectivity index (χ2v) is 16.3. The standard InChI is InChI=1S/C43H58F2N6O8S/c1-43(2,3)40(41-48-35(33-28-32(44)11-12-34(33)45)30-50(41)29-31-8-5-4-6-9-31)49-42(55)36(10-7-16-46)60-27-26-59-25-24-58-23-22-57-21-20-56-19-15-37(52)47-17-18-51-38(53)13-14-39(51)54/h4-6,8-9,11-14,28,30,36,40H,7,10,15-27,29,46H2,1-3H3,(H,47,52)(H,49,55)/t36?,40-/m0/s1. The van der Waals surface area contributed by atoms with Crippen molar-refractivity contribution in [3.8, 4) is 11.3 Å². The van der Waals surface area contributed by atoms with Gasteiger partial charge in [-0.15, -0.1) is 11.8 Å². The third-order valence-corrected chi connectivity index (χ3v) is 10.5. The molecule has 0 bridgehead atoms. The van der Waals surface area contributed by atoms with Crippen LogP contribution in [0.25, 0.3) is 11.3 Å². The summed E-state index contributed by atoms with van der Waals surface area (Å²) in [5.74, 6) is -1.24. The summed E-state index contributed by atoms with van der Waals surface area (Å²) >= 11 is 1.49. The molecule has 2 aromatic carbocycles. The maximum atomic E-state index is 14.9. The lowest BCUT2D eigenvalue weighted by Crippen LogP contribution is -2.42. The number of nitrogens with two attached hydrogens (primary N) is 1. The summed E-state index contributed by atoms with van der Waals surface area (Å²) in [7, 11) is 0. The van der Waals surface area contributed by atoms with Crippen LogP contribution >= 0.6 is 11.8 Å². The van der Waals surface area contributed by atoms with E-state index in [2.05, 4.69) is 10.6 Å². The van der Waals surface area contributed by atoms with Crippen molar-refractivity contribution in [3.05, 3.63) is 89.9 Å². The normalized spacial score (nSPS) is 13.9. The molecule has 17 heteroatoms. The molecule has 4 N–H and O–H groups in total. The SMILES string of the molecule is CC(C)(C)[C@@H](NC(=O)C(CCCN)SCCOCCOCCOCCOCCC(=O)NCCN1C(=O)C=CC1=O)c1nc(-c2cc(F)ccc2F)cn1Cc1ccccc1. The number of rotatable bonds is 28. The van der Waals surface area contributed by atoms with Crippen molar-refractivity contribution in [2.24, 2.45) is 11.1 Å². The molecular formula is C43H58F2N6O8S. The first-order chi connectivity index (χ1) is 28.9. The Morgan fingerprint density at radius 1 is 0.883 bits per heavy atom. The molecule has 0 spiro atoms. The van der Waals surface area contributed by atoms with Crippen LogP contribution in [0.2, 0.25) is 0 Å². The van der Waals surface area contributed by atoms with Gasteiger partial charge in [-0.2, -0.15) is 0 Å². The van der Waals surface area contributed by atoms with Gasteiger partial charge in [0.2, 0.25) is 11.8 Å². The van der Waals surface area contributed by atoms with Crippen LogP contribution in [0, 0.1) is 17.0 Å². The van der Waals surface area contributed by atoms with E-state index in [0.29, 0.717) is 83.8 Å². The minimum absolute atomic E-state index is 0.0430. The van der Waals surface area contributed by atoms with Gasteiger partial charge in [-0.1, -0.05) is 51.1 Å². The number of ether oxygens (including phenoxy) is 4. The number of halogens is 2. The van der Waals surface area contributed by atoms with Crippen LogP contribution in [0.4, 0.5) is 8.78 Å². The summed E-state index contributed by atoms with van der Waals surface area (Å²) < 4.78 is 53.3. The van der Waals surface area contributed by atoms with E-state index in [4.69, 9.17) is 29.7 Å². The molecule has 1 unspecified atom stereocenters. The zero-order chi connectivity index (χ0) is 43.3. The average molecular weight is 857 g/mol. The van der Waals surface area contributed by atoms with Gasteiger partial charge in [0.05, 0.1) is 69.8 Å². The van der Waals surface area contributed by atoms with Crippen molar-refractivity contribution in [1.29, 1.82) is 0 Å². The predicted octanol–water partition coefficient (Wildman–Crippen LogP) is 4.42. The lowest BCUT2D eigenvalue weighted by atomic mass is 9.85. The third-order valence-electron chi connectivity index (χ3n) is 9.28. The molecule has 0 fully saturated rings. The smallest absolute Gasteiger partial charge is 0.253 e. The minimum atomic E-state index is -0.591. The second kappa shape index (κ2) is 25.3. The Morgan fingerprint density at radius 2 is 1.52 bits per heavy atom. The highest BCUT2D eigenvalue weighted by Crippen LogP contribution is 2.35. The maximum Gasteiger partial charge on any atom is 0.253 e. The number of carbonyl (C=O) groups excluding carboxylic acids is 4. The highest BCUT2D eigenvalue weighted by atomic mass is 32.2. The molecular weight excluding hydrogens is 799 g/mol. The molecule has 1 aliphatic rings. The Hall–Kier alpha value is -4.52. The van der Waals surface area contributed by atoms with Gasteiger partial charge in [0, 0.05) is 55.7 Å². The molecule has 60 heavy (non-hydrogen) atoms. The van der Waals surface area contributed by atoms with Gasteiger partial charge in [0.15, 0.2) is 0 Å². The Bertz CT molecular complexity index is 1840. The van der Waals surface area contributed by atoms with Crippen LogP contribution in [-0.4, -0.2) is 122 Å². The van der Waals surface area contributed by atoms with Gasteiger partial charge in [0.1, 0.15) is 17.5 Å². The number of thioether (sulfide) groups is 1. The number of carbonyl (C=O) groups is 4. The number of amides is 4. The fourth-order valence-electron chi connectivity index (χ4n) is 6.11. The number of hydrogen-bond acceptors (Lipinski definition) is 11. The van der Waals surface area contributed by atoms with Gasteiger partial charge < -0.3 is 39.9 Å². The zero-order valence-corrected chi connectivity index (χ0v) is 35.5. The molecule has 2 atom stereocenters. The number of aromatic nitrogens is 2. The first-order valence-electron chi connectivity index (χ1n) is 20.2. The molecule has 0 saturated carbocycles. The molecule has 1 aromatic heterocycles. The summed E-state index contributed by atoms with van der Waals surface area (Å²) in [6.45, 7) is 9.92. The van der Waals surface area contributed by atoms with Crippen molar-refractivity contribution < 1.29 is 46.9 Å². The van der Waals surface area contributed by atoms with E-state index in [9.17, 15) is 28.0 Å². The summed E-state index contributed by atoms with van der Waals surface area (Å²) in [4.78, 5) is 54.8. The Balaban J connectivity index is 1.15. The van der Waals surface area contributed by atoms with Crippen LogP contribution in [-0.2, 0) is 44.7 Å². The van der Waals surface area contributed by atoms with Gasteiger partial charge in [-0.05, 0) is 48.6 Å². The molecule has 0 saturated heterocycles. The van der Waals surface area contributed by atoms with Crippen LogP contribution in [0.1, 0.15) is 57.5 Å². The number of nitrogens with one attached hydrogen (secondary N) is 2. The molecule has 1 aliphatic heterocycles.